The van der Waals surface area contributed by atoms with Gasteiger partial charge in [-0.15, -0.1) is 0 Å². The molecule has 0 aliphatic carbocycles. The van der Waals surface area contributed by atoms with Crippen molar-refractivity contribution in [1.82, 2.24) is 9.80 Å². The van der Waals surface area contributed by atoms with E-state index in [9.17, 15) is 9.59 Å². The molecule has 2 aromatic carbocycles. The lowest BCUT2D eigenvalue weighted by Gasteiger charge is -2.31. The molecule has 0 unspecified atom stereocenters. The van der Waals surface area contributed by atoms with Gasteiger partial charge in [-0.3, -0.25) is 14.5 Å². The summed E-state index contributed by atoms with van der Waals surface area (Å²) >= 11 is 6.26. The van der Waals surface area contributed by atoms with Crippen molar-refractivity contribution in [3.05, 3.63) is 80.2 Å². The van der Waals surface area contributed by atoms with Gasteiger partial charge >= 0.3 is 0 Å². The van der Waals surface area contributed by atoms with E-state index in [1.165, 1.54) is 0 Å². The standard InChI is InChI=1S/C24H23ClN2O4/c1-15-5-6-19-18(13-15)22(28)20-21(16-3-2-4-17(25)14-16)27(24(29)23(20)31-19)8-7-26-9-11-30-12-10-26/h2-6,13-14,21H,7-12H2,1H3/t21-/m0/s1. The Kier molecular flexibility index (Phi) is 5.30. The summed E-state index contributed by atoms with van der Waals surface area (Å²) in [7, 11) is 0. The lowest BCUT2D eigenvalue weighted by molar-refractivity contribution is 0.0314. The monoisotopic (exact) mass is 438 g/mol. The minimum Gasteiger partial charge on any atom is -0.450 e. The van der Waals surface area contributed by atoms with E-state index >= 15 is 0 Å². The van der Waals surface area contributed by atoms with E-state index in [0.717, 1.165) is 24.2 Å². The van der Waals surface area contributed by atoms with Crippen LogP contribution in [0, 0.1) is 6.92 Å². The van der Waals surface area contributed by atoms with Gasteiger partial charge in [0.2, 0.25) is 5.76 Å². The lowest BCUT2D eigenvalue weighted by atomic mass is 9.98. The van der Waals surface area contributed by atoms with Crippen LogP contribution in [0.25, 0.3) is 11.0 Å². The van der Waals surface area contributed by atoms with Crippen LogP contribution in [0.15, 0.2) is 51.7 Å². The number of hydrogen-bond acceptors (Lipinski definition) is 5. The van der Waals surface area contributed by atoms with Gasteiger partial charge in [0.05, 0.1) is 30.2 Å². The third-order valence-electron chi connectivity index (χ3n) is 6.05. The molecule has 0 radical (unpaired) electrons. The van der Waals surface area contributed by atoms with E-state index in [1.54, 1.807) is 17.0 Å². The Balaban J connectivity index is 1.61. The minimum atomic E-state index is -0.525. The van der Waals surface area contributed by atoms with Crippen molar-refractivity contribution in [3.63, 3.8) is 0 Å². The van der Waals surface area contributed by atoms with Gasteiger partial charge in [-0.2, -0.15) is 0 Å². The number of benzene rings is 2. The average Bonchev–Trinajstić information content (AvgIpc) is 3.05. The summed E-state index contributed by atoms with van der Waals surface area (Å²) in [6, 6.07) is 12.3. The van der Waals surface area contributed by atoms with Crippen LogP contribution in [0.5, 0.6) is 0 Å². The Morgan fingerprint density at radius 2 is 1.87 bits per heavy atom. The summed E-state index contributed by atoms with van der Waals surface area (Å²) in [6.45, 7) is 6.16. The quantitative estimate of drug-likeness (QED) is 0.622. The van der Waals surface area contributed by atoms with Crippen molar-refractivity contribution < 1.29 is 13.9 Å². The average molecular weight is 439 g/mol. The van der Waals surface area contributed by atoms with Crippen LogP contribution >= 0.6 is 11.6 Å². The highest BCUT2D eigenvalue weighted by atomic mass is 35.5. The predicted octanol–water partition coefficient (Wildman–Crippen LogP) is 3.63. The van der Waals surface area contributed by atoms with E-state index in [2.05, 4.69) is 4.90 Å². The maximum Gasteiger partial charge on any atom is 0.290 e. The summed E-state index contributed by atoms with van der Waals surface area (Å²) in [6.07, 6.45) is 0. The molecule has 1 fully saturated rings. The third-order valence-corrected chi connectivity index (χ3v) is 6.28. The summed E-state index contributed by atoms with van der Waals surface area (Å²) in [4.78, 5) is 31.0. The van der Waals surface area contributed by atoms with Crippen molar-refractivity contribution in [3.8, 4) is 0 Å². The molecule has 5 rings (SSSR count). The van der Waals surface area contributed by atoms with Gasteiger partial charge in [0.15, 0.2) is 5.43 Å². The first-order valence-electron chi connectivity index (χ1n) is 10.5. The zero-order chi connectivity index (χ0) is 21.5. The zero-order valence-electron chi connectivity index (χ0n) is 17.3. The normalized spacial score (nSPS) is 19.2. The molecule has 1 atom stereocenters. The molecule has 1 aromatic heterocycles. The highest BCUT2D eigenvalue weighted by Crippen LogP contribution is 2.38. The van der Waals surface area contributed by atoms with Crippen LogP contribution < -0.4 is 5.43 Å². The van der Waals surface area contributed by atoms with Gasteiger partial charge < -0.3 is 14.1 Å². The Hall–Kier alpha value is -2.67. The smallest absolute Gasteiger partial charge is 0.290 e. The van der Waals surface area contributed by atoms with Crippen LogP contribution in [0.2, 0.25) is 5.02 Å². The number of aryl methyl sites for hydroxylation is 1. The van der Waals surface area contributed by atoms with Crippen LogP contribution in [0.1, 0.15) is 33.3 Å². The molecule has 3 heterocycles. The molecule has 0 saturated carbocycles. The predicted molar refractivity (Wildman–Crippen MR) is 119 cm³/mol. The number of hydrogen-bond donors (Lipinski definition) is 0. The molecule has 31 heavy (non-hydrogen) atoms. The van der Waals surface area contributed by atoms with Crippen LogP contribution in [-0.4, -0.2) is 55.1 Å². The molecule has 1 saturated heterocycles. The van der Waals surface area contributed by atoms with Crippen molar-refractivity contribution in [2.24, 2.45) is 0 Å². The number of amides is 1. The highest BCUT2D eigenvalue weighted by molar-refractivity contribution is 6.30. The van der Waals surface area contributed by atoms with Gasteiger partial charge in [-0.1, -0.05) is 35.4 Å². The second kappa shape index (κ2) is 8.11. The summed E-state index contributed by atoms with van der Waals surface area (Å²) in [5, 5.41) is 1.06. The maximum absolute atomic E-state index is 13.5. The molecule has 160 valence electrons. The van der Waals surface area contributed by atoms with Crippen molar-refractivity contribution in [2.75, 3.05) is 39.4 Å². The van der Waals surface area contributed by atoms with Crippen LogP contribution in [0.3, 0.4) is 0 Å². The molecule has 0 spiro atoms. The SMILES string of the molecule is Cc1ccc2oc3c(c(=O)c2c1)[C@H](c1cccc(Cl)c1)N(CCN1CCOCC1)C3=O. The second-order valence-electron chi connectivity index (χ2n) is 8.08. The van der Waals surface area contributed by atoms with Gasteiger partial charge in [0, 0.05) is 31.2 Å². The molecule has 7 heteroatoms. The molecular formula is C24H23ClN2O4. The summed E-state index contributed by atoms with van der Waals surface area (Å²) < 4.78 is 11.4. The lowest BCUT2D eigenvalue weighted by Crippen LogP contribution is -2.42. The first-order chi connectivity index (χ1) is 15.0. The maximum atomic E-state index is 13.5. The second-order valence-corrected chi connectivity index (χ2v) is 8.52. The Labute approximate surface area is 185 Å². The summed E-state index contributed by atoms with van der Waals surface area (Å²) in [5.41, 5.74) is 2.44. The van der Waals surface area contributed by atoms with Crippen molar-refractivity contribution in [1.29, 1.82) is 0 Å². The number of fused-ring (bicyclic) bond motifs is 2. The van der Waals surface area contributed by atoms with Crippen molar-refractivity contribution >= 4 is 28.5 Å². The molecular weight excluding hydrogens is 416 g/mol. The number of ether oxygens (including phenoxy) is 1. The highest BCUT2D eigenvalue weighted by Gasteiger charge is 2.42. The fraction of sp³-hybridized carbons (Fsp3) is 0.333. The number of nitrogens with zero attached hydrogens (tertiary/aromatic N) is 2. The Morgan fingerprint density at radius 1 is 1.06 bits per heavy atom. The first kappa shape index (κ1) is 20.2. The van der Waals surface area contributed by atoms with Crippen molar-refractivity contribution in [2.45, 2.75) is 13.0 Å². The van der Waals surface area contributed by atoms with E-state index in [4.69, 9.17) is 20.8 Å². The number of carbonyl (C=O) groups is 1. The molecule has 3 aromatic rings. The fourth-order valence-corrected chi connectivity index (χ4v) is 4.66. The van der Waals surface area contributed by atoms with Gasteiger partial charge in [0.25, 0.3) is 5.91 Å². The summed E-state index contributed by atoms with van der Waals surface area (Å²) in [5.74, 6) is -0.124. The van der Waals surface area contributed by atoms with E-state index < -0.39 is 6.04 Å². The molecule has 0 N–H and O–H groups in total. The fourth-order valence-electron chi connectivity index (χ4n) is 4.46. The molecule has 1 amide bonds. The number of rotatable bonds is 4. The van der Waals surface area contributed by atoms with E-state index in [-0.39, 0.29) is 17.1 Å². The first-order valence-corrected chi connectivity index (χ1v) is 10.8. The number of morpholine rings is 1. The topological polar surface area (TPSA) is 63.0 Å². The molecule has 2 aliphatic heterocycles. The van der Waals surface area contributed by atoms with E-state index in [0.29, 0.717) is 47.9 Å². The molecule has 6 nitrogen and oxygen atoms in total. The molecule has 2 aliphatic rings. The molecule has 0 bridgehead atoms. The Bertz CT molecular complexity index is 1220. The van der Waals surface area contributed by atoms with Crippen LogP contribution in [0.4, 0.5) is 0 Å². The largest absolute Gasteiger partial charge is 0.450 e. The number of halogens is 1. The van der Waals surface area contributed by atoms with Gasteiger partial charge in [0.1, 0.15) is 5.58 Å². The van der Waals surface area contributed by atoms with Crippen LogP contribution in [-0.2, 0) is 4.74 Å². The minimum absolute atomic E-state index is 0.133. The van der Waals surface area contributed by atoms with E-state index in [1.807, 2.05) is 37.3 Å². The van der Waals surface area contributed by atoms with Gasteiger partial charge in [-0.05, 0) is 36.8 Å². The Morgan fingerprint density at radius 3 is 2.65 bits per heavy atom. The number of carbonyl (C=O) groups excluding carboxylic acids is 1. The van der Waals surface area contributed by atoms with Gasteiger partial charge in [-0.25, -0.2) is 0 Å². The third kappa shape index (κ3) is 3.65. The zero-order valence-corrected chi connectivity index (χ0v) is 18.0.